The van der Waals surface area contributed by atoms with Gasteiger partial charge < -0.3 is 4.90 Å². The van der Waals surface area contributed by atoms with Crippen molar-refractivity contribution >= 4 is 33.2 Å². The summed E-state index contributed by atoms with van der Waals surface area (Å²) in [7, 11) is 0. The largest absolute Gasteiger partial charge is 0.337 e. The molecule has 0 aliphatic carbocycles. The van der Waals surface area contributed by atoms with E-state index in [1.807, 2.05) is 16.3 Å². The molecule has 1 aliphatic heterocycles. The van der Waals surface area contributed by atoms with Crippen LogP contribution < -0.4 is 0 Å². The van der Waals surface area contributed by atoms with Gasteiger partial charge in [0.2, 0.25) is 0 Å². The molecule has 19 heavy (non-hydrogen) atoms. The summed E-state index contributed by atoms with van der Waals surface area (Å²) in [5, 5.41) is 1.95. The van der Waals surface area contributed by atoms with Gasteiger partial charge in [-0.25, -0.2) is 0 Å². The predicted molar refractivity (Wildman–Crippen MR) is 81.8 cm³/mol. The zero-order valence-corrected chi connectivity index (χ0v) is 12.8. The summed E-state index contributed by atoms with van der Waals surface area (Å²) in [6.45, 7) is 1.61. The molecule has 0 atom stereocenters. The Hall–Kier alpha value is -1.13. The first kappa shape index (κ1) is 12.9. The minimum absolute atomic E-state index is 0.148. The number of hydrogen-bond donors (Lipinski definition) is 0. The first-order valence-corrected chi connectivity index (χ1v) is 8.02. The van der Waals surface area contributed by atoms with Crippen LogP contribution in [0.15, 0.2) is 40.2 Å². The molecule has 1 amide bonds. The van der Waals surface area contributed by atoms with E-state index in [2.05, 4.69) is 40.2 Å². The van der Waals surface area contributed by atoms with E-state index in [-0.39, 0.29) is 5.91 Å². The Bertz CT molecular complexity index is 581. The second-order valence-electron chi connectivity index (χ2n) is 4.66. The molecule has 0 unspecified atom stereocenters. The summed E-state index contributed by atoms with van der Waals surface area (Å²) in [5.74, 6) is 0.148. The van der Waals surface area contributed by atoms with E-state index in [4.69, 9.17) is 0 Å². The first-order valence-electron chi connectivity index (χ1n) is 6.35. The van der Waals surface area contributed by atoms with Crippen LogP contribution in [-0.4, -0.2) is 23.9 Å². The molecule has 1 aromatic carbocycles. The van der Waals surface area contributed by atoms with Crippen LogP contribution in [0.4, 0.5) is 0 Å². The lowest BCUT2D eigenvalue weighted by atomic mass is 10.0. The minimum atomic E-state index is 0.148. The van der Waals surface area contributed by atoms with Crippen molar-refractivity contribution in [3.05, 3.63) is 56.2 Å². The lowest BCUT2D eigenvalue weighted by Crippen LogP contribution is -2.32. The van der Waals surface area contributed by atoms with E-state index in [0.29, 0.717) is 0 Å². The Balaban J connectivity index is 1.79. The third kappa shape index (κ3) is 2.60. The van der Waals surface area contributed by atoms with E-state index >= 15 is 0 Å². The zero-order valence-electron chi connectivity index (χ0n) is 10.4. The third-order valence-electron chi connectivity index (χ3n) is 3.52. The molecule has 0 radical (unpaired) electrons. The molecule has 0 spiro atoms. The Morgan fingerprint density at radius 2 is 1.74 bits per heavy atom. The molecule has 98 valence electrons. The van der Waals surface area contributed by atoms with Gasteiger partial charge in [0, 0.05) is 17.6 Å². The van der Waals surface area contributed by atoms with Gasteiger partial charge in [-0.15, -0.1) is 11.3 Å². The van der Waals surface area contributed by atoms with Crippen molar-refractivity contribution in [2.45, 2.75) is 12.8 Å². The summed E-state index contributed by atoms with van der Waals surface area (Å²) in [6, 6.07) is 10.4. The average Bonchev–Trinajstić information content (AvgIpc) is 2.74. The fourth-order valence-electron chi connectivity index (χ4n) is 2.46. The van der Waals surface area contributed by atoms with E-state index in [1.54, 1.807) is 0 Å². The summed E-state index contributed by atoms with van der Waals surface area (Å²) in [4.78, 5) is 15.3. The predicted octanol–water partition coefficient (Wildman–Crippen LogP) is 3.75. The smallest absolute Gasteiger partial charge is 0.265 e. The summed E-state index contributed by atoms with van der Waals surface area (Å²) in [6.07, 6.45) is 1.90. The van der Waals surface area contributed by atoms with Gasteiger partial charge in [0.25, 0.3) is 5.91 Å². The van der Waals surface area contributed by atoms with Crippen LogP contribution in [0.3, 0.4) is 0 Å². The first-order chi connectivity index (χ1) is 9.25. The van der Waals surface area contributed by atoms with E-state index in [1.165, 1.54) is 22.5 Å². The number of amides is 1. The number of fused-ring (bicyclic) bond motifs is 1. The second-order valence-corrected chi connectivity index (χ2v) is 6.43. The topological polar surface area (TPSA) is 20.3 Å². The highest BCUT2D eigenvalue weighted by Gasteiger charge is 2.21. The van der Waals surface area contributed by atoms with Crippen molar-refractivity contribution in [1.29, 1.82) is 0 Å². The maximum absolute atomic E-state index is 12.5. The lowest BCUT2D eigenvalue weighted by Gasteiger charge is -2.19. The van der Waals surface area contributed by atoms with Gasteiger partial charge in [-0.1, -0.05) is 24.3 Å². The van der Waals surface area contributed by atoms with Crippen LogP contribution >= 0.6 is 27.3 Å². The maximum atomic E-state index is 12.5. The lowest BCUT2D eigenvalue weighted by molar-refractivity contribution is 0.0767. The zero-order chi connectivity index (χ0) is 13.2. The fourth-order valence-corrected chi connectivity index (χ4v) is 3.97. The highest BCUT2D eigenvalue weighted by Crippen LogP contribution is 2.25. The van der Waals surface area contributed by atoms with Crippen LogP contribution in [0.25, 0.3) is 0 Å². The van der Waals surface area contributed by atoms with Crippen molar-refractivity contribution in [2.24, 2.45) is 0 Å². The number of rotatable bonds is 1. The van der Waals surface area contributed by atoms with Gasteiger partial charge >= 0.3 is 0 Å². The molecule has 0 fully saturated rings. The number of thiophene rings is 1. The molecule has 4 heteroatoms. The van der Waals surface area contributed by atoms with Crippen LogP contribution in [0.2, 0.25) is 0 Å². The molecule has 2 aromatic rings. The molecule has 3 rings (SSSR count). The number of benzene rings is 1. The molecular weight excluding hydrogens is 322 g/mol. The van der Waals surface area contributed by atoms with E-state index in [9.17, 15) is 4.79 Å². The quantitative estimate of drug-likeness (QED) is 0.777. The van der Waals surface area contributed by atoms with Crippen molar-refractivity contribution in [3.63, 3.8) is 0 Å². The fraction of sp³-hybridized carbons (Fsp3) is 0.267. The maximum Gasteiger partial charge on any atom is 0.265 e. The van der Waals surface area contributed by atoms with Crippen molar-refractivity contribution in [3.8, 4) is 0 Å². The van der Waals surface area contributed by atoms with Gasteiger partial charge in [-0.05, 0) is 51.3 Å². The second kappa shape index (κ2) is 5.47. The molecule has 0 saturated carbocycles. The van der Waals surface area contributed by atoms with Crippen molar-refractivity contribution in [2.75, 3.05) is 13.1 Å². The van der Waals surface area contributed by atoms with Crippen LogP contribution in [0.1, 0.15) is 20.8 Å². The SMILES string of the molecule is O=C(c1sccc1Br)N1CCc2ccccc2CC1. The third-order valence-corrected chi connectivity index (χ3v) is 5.34. The molecule has 0 saturated heterocycles. The molecule has 0 bridgehead atoms. The molecule has 2 nitrogen and oxygen atoms in total. The number of nitrogens with zero attached hydrogens (tertiary/aromatic N) is 1. The molecule has 2 heterocycles. The highest BCUT2D eigenvalue weighted by atomic mass is 79.9. The molecule has 1 aromatic heterocycles. The van der Waals surface area contributed by atoms with Crippen molar-refractivity contribution < 1.29 is 4.79 Å². The molecule has 1 aliphatic rings. The number of carbonyl (C=O) groups excluding carboxylic acids is 1. The van der Waals surface area contributed by atoms with Gasteiger partial charge in [0.1, 0.15) is 4.88 Å². The number of carbonyl (C=O) groups is 1. The monoisotopic (exact) mass is 335 g/mol. The van der Waals surface area contributed by atoms with Crippen LogP contribution in [0.5, 0.6) is 0 Å². The Morgan fingerprint density at radius 3 is 2.26 bits per heavy atom. The Morgan fingerprint density at radius 1 is 1.11 bits per heavy atom. The summed E-state index contributed by atoms with van der Waals surface area (Å²) >= 11 is 4.95. The number of hydrogen-bond acceptors (Lipinski definition) is 2. The van der Waals surface area contributed by atoms with Gasteiger partial charge in [-0.2, -0.15) is 0 Å². The van der Waals surface area contributed by atoms with Crippen molar-refractivity contribution in [1.82, 2.24) is 4.90 Å². The Labute approximate surface area is 125 Å². The Kier molecular flexibility index (Phi) is 3.71. The number of halogens is 1. The summed E-state index contributed by atoms with van der Waals surface area (Å²) < 4.78 is 0.907. The minimum Gasteiger partial charge on any atom is -0.337 e. The van der Waals surface area contributed by atoms with Gasteiger partial charge in [-0.3, -0.25) is 4.79 Å². The molecule has 0 N–H and O–H groups in total. The summed E-state index contributed by atoms with van der Waals surface area (Å²) in [5.41, 5.74) is 2.76. The van der Waals surface area contributed by atoms with Gasteiger partial charge in [0.15, 0.2) is 0 Å². The van der Waals surface area contributed by atoms with Gasteiger partial charge in [0.05, 0.1) is 0 Å². The van der Waals surface area contributed by atoms with Crippen LogP contribution in [-0.2, 0) is 12.8 Å². The van der Waals surface area contributed by atoms with E-state index in [0.717, 1.165) is 35.3 Å². The highest BCUT2D eigenvalue weighted by molar-refractivity contribution is 9.10. The normalized spacial score (nSPS) is 14.9. The average molecular weight is 336 g/mol. The standard InChI is InChI=1S/C15H14BrNOS/c16-13-7-10-19-14(13)15(18)17-8-5-11-3-1-2-4-12(11)6-9-17/h1-4,7,10H,5-6,8-9H2. The molecular formula is C15H14BrNOS. The van der Waals surface area contributed by atoms with Crippen LogP contribution in [0, 0.1) is 0 Å². The van der Waals surface area contributed by atoms with E-state index < -0.39 is 0 Å².